The minimum Gasteiger partial charge on any atom is -0.406 e. The van der Waals surface area contributed by atoms with Gasteiger partial charge in [0.25, 0.3) is 5.56 Å². The van der Waals surface area contributed by atoms with E-state index in [2.05, 4.69) is 20.4 Å². The number of hydrogen-bond acceptors (Lipinski definition) is 4. The lowest BCUT2D eigenvalue weighted by Crippen LogP contribution is -2.27. The number of carbonyl (C=O) groups excluding carboxylic acids is 1. The molecular weight excluding hydrogens is 365 g/mol. The Kier molecular flexibility index (Phi) is 4.72. The average Bonchev–Trinajstić information content (AvgIpc) is 2.59. The standard InChI is InChI=1S/C17H13F3N4O3/c1-10-14(15(25)24-9-3-2-4-13(24)21-10)23-16(26)22-11-5-7-12(8-6-11)27-17(18,19)20/h2-9H,1H3,(H2,22,23,26). The number of fused-ring (bicyclic) bond motifs is 1. The fourth-order valence-corrected chi connectivity index (χ4v) is 2.36. The second kappa shape index (κ2) is 6.98. The van der Waals surface area contributed by atoms with Crippen molar-refractivity contribution in [3.8, 4) is 5.75 Å². The molecule has 0 aliphatic rings. The summed E-state index contributed by atoms with van der Waals surface area (Å²) >= 11 is 0. The Balaban J connectivity index is 1.75. The van der Waals surface area contributed by atoms with Crippen LogP contribution in [-0.2, 0) is 0 Å². The zero-order valence-electron chi connectivity index (χ0n) is 13.9. The van der Waals surface area contributed by atoms with Gasteiger partial charge >= 0.3 is 12.4 Å². The first kappa shape index (κ1) is 18.2. The third-order valence-electron chi connectivity index (χ3n) is 3.50. The monoisotopic (exact) mass is 378 g/mol. The first-order valence-corrected chi connectivity index (χ1v) is 7.65. The van der Waals surface area contributed by atoms with Gasteiger partial charge in [-0.25, -0.2) is 9.78 Å². The lowest BCUT2D eigenvalue weighted by molar-refractivity contribution is -0.274. The number of carbonyl (C=O) groups is 1. The van der Waals surface area contributed by atoms with Gasteiger partial charge in [0, 0.05) is 11.9 Å². The van der Waals surface area contributed by atoms with E-state index < -0.39 is 23.7 Å². The maximum atomic E-state index is 12.5. The lowest BCUT2D eigenvalue weighted by Gasteiger charge is -2.11. The summed E-state index contributed by atoms with van der Waals surface area (Å²) in [4.78, 5) is 28.8. The highest BCUT2D eigenvalue weighted by atomic mass is 19.4. The van der Waals surface area contributed by atoms with Crippen LogP contribution < -0.4 is 20.9 Å². The van der Waals surface area contributed by atoms with Crippen molar-refractivity contribution in [3.63, 3.8) is 0 Å². The second-order valence-corrected chi connectivity index (χ2v) is 5.46. The van der Waals surface area contributed by atoms with Crippen molar-refractivity contribution in [1.29, 1.82) is 0 Å². The summed E-state index contributed by atoms with van der Waals surface area (Å²) in [6.45, 7) is 1.58. The molecule has 0 aliphatic carbocycles. The molecule has 0 bridgehead atoms. The van der Waals surface area contributed by atoms with Gasteiger partial charge in [-0.15, -0.1) is 13.2 Å². The SMILES string of the molecule is Cc1nc2ccccn2c(=O)c1NC(=O)Nc1ccc(OC(F)(F)F)cc1. The zero-order chi connectivity index (χ0) is 19.6. The van der Waals surface area contributed by atoms with E-state index in [1.807, 2.05) is 0 Å². The van der Waals surface area contributed by atoms with Gasteiger partial charge < -0.3 is 15.4 Å². The van der Waals surface area contributed by atoms with Crippen LogP contribution in [0.25, 0.3) is 5.65 Å². The maximum absolute atomic E-state index is 12.5. The maximum Gasteiger partial charge on any atom is 0.573 e. The van der Waals surface area contributed by atoms with E-state index in [0.29, 0.717) is 11.3 Å². The predicted octanol–water partition coefficient (Wildman–Crippen LogP) is 3.55. The number of aromatic nitrogens is 2. The van der Waals surface area contributed by atoms with Crippen LogP contribution in [0.2, 0.25) is 0 Å². The van der Waals surface area contributed by atoms with Crippen LogP contribution in [0.1, 0.15) is 5.69 Å². The minimum absolute atomic E-state index is 0.00627. The number of nitrogens with one attached hydrogen (secondary N) is 2. The molecule has 27 heavy (non-hydrogen) atoms. The van der Waals surface area contributed by atoms with Crippen molar-refractivity contribution < 1.29 is 22.7 Å². The van der Waals surface area contributed by atoms with Crippen LogP contribution in [0.5, 0.6) is 5.75 Å². The van der Waals surface area contributed by atoms with Crippen molar-refractivity contribution in [2.75, 3.05) is 10.6 Å². The molecule has 7 nitrogen and oxygen atoms in total. The van der Waals surface area contributed by atoms with Crippen LogP contribution in [0.15, 0.2) is 53.5 Å². The Morgan fingerprint density at radius 3 is 2.48 bits per heavy atom. The molecule has 2 aromatic heterocycles. The number of nitrogens with zero attached hydrogens (tertiary/aromatic N) is 2. The second-order valence-electron chi connectivity index (χ2n) is 5.46. The highest BCUT2D eigenvalue weighted by molar-refractivity contribution is 6.00. The number of urea groups is 1. The van der Waals surface area contributed by atoms with Gasteiger partial charge in [-0.3, -0.25) is 9.20 Å². The largest absolute Gasteiger partial charge is 0.573 e. The van der Waals surface area contributed by atoms with E-state index in [0.717, 1.165) is 12.1 Å². The van der Waals surface area contributed by atoms with Gasteiger partial charge in [-0.05, 0) is 43.3 Å². The summed E-state index contributed by atoms with van der Waals surface area (Å²) in [5.41, 5.74) is 0.519. The van der Waals surface area contributed by atoms with E-state index in [4.69, 9.17) is 0 Å². The third-order valence-corrected chi connectivity index (χ3v) is 3.50. The van der Waals surface area contributed by atoms with Crippen molar-refractivity contribution in [2.45, 2.75) is 13.3 Å². The molecule has 2 heterocycles. The van der Waals surface area contributed by atoms with Crippen molar-refractivity contribution in [2.24, 2.45) is 0 Å². The lowest BCUT2D eigenvalue weighted by atomic mass is 10.3. The Labute approximate surface area is 150 Å². The predicted molar refractivity (Wildman–Crippen MR) is 92.0 cm³/mol. The molecule has 0 radical (unpaired) electrons. The van der Waals surface area contributed by atoms with Crippen molar-refractivity contribution in [1.82, 2.24) is 9.38 Å². The zero-order valence-corrected chi connectivity index (χ0v) is 13.9. The number of aryl methyl sites for hydroxylation is 1. The molecule has 10 heteroatoms. The molecule has 3 rings (SSSR count). The summed E-state index contributed by atoms with van der Waals surface area (Å²) in [6, 6.07) is 8.88. The van der Waals surface area contributed by atoms with E-state index in [1.165, 1.54) is 22.7 Å². The van der Waals surface area contributed by atoms with Gasteiger partial charge in [0.2, 0.25) is 0 Å². The Bertz CT molecular complexity index is 1050. The fourth-order valence-electron chi connectivity index (χ4n) is 2.36. The smallest absolute Gasteiger partial charge is 0.406 e. The summed E-state index contributed by atoms with van der Waals surface area (Å²) < 4.78 is 41.5. The molecule has 0 fully saturated rings. The first-order chi connectivity index (χ1) is 12.7. The minimum atomic E-state index is -4.80. The first-order valence-electron chi connectivity index (χ1n) is 7.65. The number of benzene rings is 1. The number of anilines is 2. The summed E-state index contributed by atoms with van der Waals surface area (Å²) in [6.07, 6.45) is -3.28. The normalized spacial score (nSPS) is 11.3. The van der Waals surface area contributed by atoms with Crippen LogP contribution in [0.3, 0.4) is 0 Å². The van der Waals surface area contributed by atoms with Crippen LogP contribution in [0, 0.1) is 6.92 Å². The molecular formula is C17H13F3N4O3. The van der Waals surface area contributed by atoms with E-state index in [9.17, 15) is 22.8 Å². The molecule has 0 spiro atoms. The Morgan fingerprint density at radius 1 is 1.11 bits per heavy atom. The van der Waals surface area contributed by atoms with Crippen LogP contribution in [0.4, 0.5) is 29.3 Å². The van der Waals surface area contributed by atoms with Gasteiger partial charge in [-0.2, -0.15) is 0 Å². The number of pyridine rings is 1. The Hall–Kier alpha value is -3.56. The van der Waals surface area contributed by atoms with Crippen LogP contribution >= 0.6 is 0 Å². The number of ether oxygens (including phenoxy) is 1. The van der Waals surface area contributed by atoms with Crippen LogP contribution in [-0.4, -0.2) is 21.8 Å². The van der Waals surface area contributed by atoms with Gasteiger partial charge in [0.05, 0.1) is 5.69 Å². The topological polar surface area (TPSA) is 84.7 Å². The summed E-state index contributed by atoms with van der Waals surface area (Å²) in [7, 11) is 0. The Morgan fingerprint density at radius 2 is 1.81 bits per heavy atom. The van der Waals surface area contributed by atoms with E-state index in [1.54, 1.807) is 25.1 Å². The number of halogens is 3. The van der Waals surface area contributed by atoms with Crippen molar-refractivity contribution in [3.05, 3.63) is 64.7 Å². The number of alkyl halides is 3. The van der Waals surface area contributed by atoms with E-state index >= 15 is 0 Å². The molecule has 2 N–H and O–H groups in total. The number of hydrogen-bond donors (Lipinski definition) is 2. The molecule has 140 valence electrons. The fraction of sp³-hybridized carbons (Fsp3) is 0.118. The third kappa shape index (κ3) is 4.35. The number of amides is 2. The molecule has 0 unspecified atom stereocenters. The number of rotatable bonds is 3. The molecule has 2 amide bonds. The van der Waals surface area contributed by atoms with Gasteiger partial charge in [0.1, 0.15) is 17.1 Å². The molecule has 0 saturated carbocycles. The highest BCUT2D eigenvalue weighted by Crippen LogP contribution is 2.24. The van der Waals surface area contributed by atoms with E-state index in [-0.39, 0.29) is 11.4 Å². The van der Waals surface area contributed by atoms with Gasteiger partial charge in [-0.1, -0.05) is 6.07 Å². The molecule has 3 aromatic rings. The molecule has 0 atom stereocenters. The average molecular weight is 378 g/mol. The van der Waals surface area contributed by atoms with Gasteiger partial charge in [0.15, 0.2) is 0 Å². The van der Waals surface area contributed by atoms with Crippen molar-refractivity contribution >= 4 is 23.1 Å². The molecule has 0 aliphatic heterocycles. The highest BCUT2D eigenvalue weighted by Gasteiger charge is 2.30. The summed E-state index contributed by atoms with van der Waals surface area (Å²) in [5.74, 6) is -0.415. The molecule has 1 aromatic carbocycles. The quantitative estimate of drug-likeness (QED) is 0.730. The molecule has 0 saturated heterocycles. The summed E-state index contributed by atoms with van der Waals surface area (Å²) in [5, 5.41) is 4.84.